The third kappa shape index (κ3) is 4.56. The number of aromatic nitrogens is 1. The van der Waals surface area contributed by atoms with Gasteiger partial charge < -0.3 is 15.0 Å². The van der Waals surface area contributed by atoms with Crippen molar-refractivity contribution in [3.63, 3.8) is 0 Å². The van der Waals surface area contributed by atoms with Crippen molar-refractivity contribution in [2.75, 3.05) is 0 Å². The van der Waals surface area contributed by atoms with Crippen molar-refractivity contribution >= 4 is 22.8 Å². The zero-order valence-electron chi connectivity index (χ0n) is 15.6. The van der Waals surface area contributed by atoms with Crippen LogP contribution in [0.2, 0.25) is 0 Å². The molecule has 3 aromatic rings. The molecule has 0 aliphatic rings. The molecule has 3 rings (SSSR count). The molecule has 5 heteroatoms. The highest BCUT2D eigenvalue weighted by Gasteiger charge is 2.21. The second kappa shape index (κ2) is 8.08. The van der Waals surface area contributed by atoms with Gasteiger partial charge in [-0.15, -0.1) is 0 Å². The summed E-state index contributed by atoms with van der Waals surface area (Å²) < 4.78 is 1.84. The molecule has 0 fully saturated rings. The van der Waals surface area contributed by atoms with Gasteiger partial charge in [-0.25, -0.2) is 4.79 Å². The number of benzene rings is 2. The summed E-state index contributed by atoms with van der Waals surface area (Å²) in [6.45, 7) is 3.97. The average Bonchev–Trinajstić information content (AvgIpc) is 3.03. The third-order valence-electron chi connectivity index (χ3n) is 4.53. The quantitative estimate of drug-likeness (QED) is 0.667. The van der Waals surface area contributed by atoms with E-state index in [2.05, 4.69) is 23.5 Å². The number of aliphatic carboxylic acids is 1. The molecule has 1 aromatic heterocycles. The topological polar surface area (TPSA) is 71.3 Å². The molecule has 5 nitrogen and oxygen atoms in total. The highest BCUT2D eigenvalue weighted by atomic mass is 16.4. The van der Waals surface area contributed by atoms with E-state index in [9.17, 15) is 14.7 Å². The van der Waals surface area contributed by atoms with Gasteiger partial charge in [0.15, 0.2) is 0 Å². The average molecular weight is 364 g/mol. The first-order valence-electron chi connectivity index (χ1n) is 9.10. The maximum atomic E-state index is 12.3. The SMILES string of the molecule is CC(C)C[C@H](NC(=O)Cn1ccc2cc(-c3ccccc3)ccc21)C(=O)O. The minimum absolute atomic E-state index is 0.0933. The molecule has 140 valence electrons. The third-order valence-corrected chi connectivity index (χ3v) is 4.53. The largest absolute Gasteiger partial charge is 0.480 e. The number of carboxylic acid groups (broad SMARTS) is 1. The van der Waals surface area contributed by atoms with Gasteiger partial charge in [0.1, 0.15) is 12.6 Å². The minimum Gasteiger partial charge on any atom is -0.480 e. The molecule has 0 aliphatic heterocycles. The van der Waals surface area contributed by atoms with Gasteiger partial charge in [0.25, 0.3) is 0 Å². The van der Waals surface area contributed by atoms with Crippen molar-refractivity contribution in [2.24, 2.45) is 5.92 Å². The Morgan fingerprint density at radius 2 is 1.78 bits per heavy atom. The van der Waals surface area contributed by atoms with Gasteiger partial charge >= 0.3 is 5.97 Å². The van der Waals surface area contributed by atoms with E-state index in [4.69, 9.17) is 0 Å². The van der Waals surface area contributed by atoms with Crippen LogP contribution >= 0.6 is 0 Å². The standard InChI is InChI=1S/C22H24N2O3/c1-15(2)12-19(22(26)27)23-21(25)14-24-11-10-18-13-17(8-9-20(18)24)16-6-4-3-5-7-16/h3-11,13,15,19H,12,14H2,1-2H3,(H,23,25)(H,26,27)/t19-/m0/s1. The molecule has 0 saturated heterocycles. The van der Waals surface area contributed by atoms with Gasteiger partial charge in [-0.3, -0.25) is 4.79 Å². The van der Waals surface area contributed by atoms with Crippen LogP contribution in [-0.4, -0.2) is 27.6 Å². The summed E-state index contributed by atoms with van der Waals surface area (Å²) in [4.78, 5) is 23.7. The Hall–Kier alpha value is -3.08. The van der Waals surface area contributed by atoms with E-state index >= 15 is 0 Å². The van der Waals surface area contributed by atoms with E-state index in [0.29, 0.717) is 6.42 Å². The van der Waals surface area contributed by atoms with E-state index in [1.165, 1.54) is 0 Å². The van der Waals surface area contributed by atoms with E-state index in [1.54, 1.807) is 0 Å². The molecule has 2 N–H and O–H groups in total. The van der Waals surface area contributed by atoms with Crippen LogP contribution < -0.4 is 5.32 Å². The van der Waals surface area contributed by atoms with Crippen molar-refractivity contribution in [3.05, 3.63) is 60.8 Å². The lowest BCUT2D eigenvalue weighted by Crippen LogP contribution is -2.43. The molecule has 0 spiro atoms. The highest BCUT2D eigenvalue weighted by Crippen LogP contribution is 2.25. The lowest BCUT2D eigenvalue weighted by atomic mass is 10.0. The number of carboxylic acids is 1. The first kappa shape index (κ1) is 18.7. The molecule has 1 atom stereocenters. The van der Waals surface area contributed by atoms with Crippen molar-refractivity contribution in [1.82, 2.24) is 9.88 Å². The van der Waals surface area contributed by atoms with Crippen LogP contribution in [0.25, 0.3) is 22.0 Å². The summed E-state index contributed by atoms with van der Waals surface area (Å²) in [5.74, 6) is -1.11. The van der Waals surface area contributed by atoms with Crippen LogP contribution in [0.1, 0.15) is 20.3 Å². The molecule has 0 saturated carbocycles. The fraction of sp³-hybridized carbons (Fsp3) is 0.273. The maximum Gasteiger partial charge on any atom is 0.326 e. The number of hydrogen-bond donors (Lipinski definition) is 2. The molecule has 0 unspecified atom stereocenters. The van der Waals surface area contributed by atoms with Crippen LogP contribution in [0.15, 0.2) is 60.8 Å². The first-order chi connectivity index (χ1) is 12.9. The Labute approximate surface area is 158 Å². The van der Waals surface area contributed by atoms with Crippen molar-refractivity contribution in [1.29, 1.82) is 0 Å². The number of carbonyl (C=O) groups is 2. The summed E-state index contributed by atoms with van der Waals surface area (Å²) in [5, 5.41) is 13.0. The normalized spacial score (nSPS) is 12.3. The van der Waals surface area contributed by atoms with E-state index in [1.807, 2.05) is 61.0 Å². The monoisotopic (exact) mass is 364 g/mol. The number of rotatable bonds is 7. The van der Waals surface area contributed by atoms with E-state index in [0.717, 1.165) is 22.0 Å². The minimum atomic E-state index is -0.998. The number of nitrogens with one attached hydrogen (secondary N) is 1. The van der Waals surface area contributed by atoms with Crippen LogP contribution in [0, 0.1) is 5.92 Å². The van der Waals surface area contributed by atoms with Crippen molar-refractivity contribution < 1.29 is 14.7 Å². The van der Waals surface area contributed by atoms with Crippen molar-refractivity contribution in [3.8, 4) is 11.1 Å². The molecule has 0 aliphatic carbocycles. The van der Waals surface area contributed by atoms with Gasteiger partial charge in [-0.2, -0.15) is 0 Å². The Kier molecular flexibility index (Phi) is 5.60. The molecule has 2 aromatic carbocycles. The smallest absolute Gasteiger partial charge is 0.326 e. The van der Waals surface area contributed by atoms with Gasteiger partial charge in [0, 0.05) is 17.1 Å². The number of fused-ring (bicyclic) bond motifs is 1. The first-order valence-corrected chi connectivity index (χ1v) is 9.10. The summed E-state index contributed by atoms with van der Waals surface area (Å²) in [7, 11) is 0. The zero-order valence-corrected chi connectivity index (χ0v) is 15.6. The fourth-order valence-electron chi connectivity index (χ4n) is 3.24. The van der Waals surface area contributed by atoms with Gasteiger partial charge in [-0.1, -0.05) is 50.2 Å². The molecular formula is C22H24N2O3. The van der Waals surface area contributed by atoms with Crippen LogP contribution in [0.5, 0.6) is 0 Å². The number of carbonyl (C=O) groups excluding carboxylic acids is 1. The number of amides is 1. The molecular weight excluding hydrogens is 340 g/mol. The van der Waals surface area contributed by atoms with Gasteiger partial charge in [0.2, 0.25) is 5.91 Å². The van der Waals surface area contributed by atoms with Crippen LogP contribution in [0.4, 0.5) is 0 Å². The Balaban J connectivity index is 1.75. The van der Waals surface area contributed by atoms with Crippen molar-refractivity contribution in [2.45, 2.75) is 32.9 Å². The second-order valence-corrected chi connectivity index (χ2v) is 7.17. The summed E-state index contributed by atoms with van der Waals surface area (Å²) in [5.41, 5.74) is 3.21. The lowest BCUT2D eigenvalue weighted by Gasteiger charge is -2.17. The van der Waals surface area contributed by atoms with Gasteiger partial charge in [-0.05, 0) is 41.7 Å². The molecule has 0 radical (unpaired) electrons. The van der Waals surface area contributed by atoms with Crippen LogP contribution in [-0.2, 0) is 16.1 Å². The molecule has 0 bridgehead atoms. The zero-order chi connectivity index (χ0) is 19.4. The van der Waals surface area contributed by atoms with Crippen LogP contribution in [0.3, 0.4) is 0 Å². The van der Waals surface area contributed by atoms with E-state index in [-0.39, 0.29) is 18.4 Å². The predicted molar refractivity (Wildman–Crippen MR) is 106 cm³/mol. The Morgan fingerprint density at radius 1 is 1.04 bits per heavy atom. The Bertz CT molecular complexity index is 945. The molecule has 1 amide bonds. The summed E-state index contributed by atoms with van der Waals surface area (Å²) in [6, 6.07) is 17.4. The maximum absolute atomic E-state index is 12.3. The molecule has 27 heavy (non-hydrogen) atoms. The highest BCUT2D eigenvalue weighted by molar-refractivity contribution is 5.88. The lowest BCUT2D eigenvalue weighted by molar-refractivity contribution is -0.142. The number of hydrogen-bond acceptors (Lipinski definition) is 2. The van der Waals surface area contributed by atoms with Gasteiger partial charge in [0.05, 0.1) is 0 Å². The Morgan fingerprint density at radius 3 is 2.44 bits per heavy atom. The predicted octanol–water partition coefficient (Wildman–Crippen LogP) is 3.92. The summed E-state index contributed by atoms with van der Waals surface area (Å²) in [6.07, 6.45) is 2.27. The number of nitrogens with zero attached hydrogens (tertiary/aromatic N) is 1. The summed E-state index contributed by atoms with van der Waals surface area (Å²) >= 11 is 0. The second-order valence-electron chi connectivity index (χ2n) is 7.17. The molecule has 1 heterocycles. The fourth-order valence-corrected chi connectivity index (χ4v) is 3.24. The van der Waals surface area contributed by atoms with E-state index < -0.39 is 12.0 Å².